The number of carbonyl (C=O) groups excluding carboxylic acids is 3. The number of aryl methyl sites for hydroxylation is 1. The summed E-state index contributed by atoms with van der Waals surface area (Å²) in [6, 6.07) is 18.5. The fourth-order valence-corrected chi connectivity index (χ4v) is 6.55. The van der Waals surface area contributed by atoms with Crippen LogP contribution in [0.2, 0.25) is 0 Å². The smallest absolute Gasteiger partial charge is 0.435 e. The molecular formula is C33H30F3N7O8S. The summed E-state index contributed by atoms with van der Waals surface area (Å²) in [4.78, 5) is 43.6. The molecule has 2 aliphatic heterocycles. The average Bonchev–Trinajstić information content (AvgIpc) is 3.67. The van der Waals surface area contributed by atoms with Crippen LogP contribution in [0.3, 0.4) is 0 Å². The minimum Gasteiger partial charge on any atom is -0.569 e. The van der Waals surface area contributed by atoms with Crippen LogP contribution in [-0.2, 0) is 25.8 Å². The van der Waals surface area contributed by atoms with Gasteiger partial charge in [-0.3, -0.25) is 9.59 Å². The molecule has 0 spiro atoms. The van der Waals surface area contributed by atoms with Gasteiger partial charge in [0, 0.05) is 5.56 Å². The summed E-state index contributed by atoms with van der Waals surface area (Å²) >= 11 is 0. The Morgan fingerprint density at radius 1 is 1.04 bits per heavy atom. The summed E-state index contributed by atoms with van der Waals surface area (Å²) in [7, 11) is -4.50. The van der Waals surface area contributed by atoms with Gasteiger partial charge in [-0.1, -0.05) is 42.0 Å². The number of carbonyl (C=O) groups is 3. The summed E-state index contributed by atoms with van der Waals surface area (Å²) < 4.78 is 74.8. The van der Waals surface area contributed by atoms with Crippen molar-refractivity contribution in [2.45, 2.75) is 50.1 Å². The first-order chi connectivity index (χ1) is 24.6. The molecular weight excluding hydrogens is 711 g/mol. The van der Waals surface area contributed by atoms with Gasteiger partial charge in [0.2, 0.25) is 11.5 Å². The highest BCUT2D eigenvalue weighted by atomic mass is 32.2. The highest BCUT2D eigenvalue weighted by molar-refractivity contribution is 7.90. The normalized spacial score (nSPS) is 17.2. The standard InChI is InChI=1S/C33H30F3N7O8S/c1-20-9-11-22(12-10-20)28-18-29(33(34,35)36)37-42(28)23-13-15-25(16-14-23)52(48,49)38-32(46)50-24-6-5-17-40(19-24)43(47)39-51-21(2)41-30(44)26-7-3-4-8-27(26)31(41)45/h3-4,7-16,18,21,24H,5-6,17,19H2,1-2H3,(H,38,46)/b43-39+. The Kier molecular flexibility index (Phi) is 9.63. The molecule has 6 rings (SSSR count). The summed E-state index contributed by atoms with van der Waals surface area (Å²) in [6.07, 6.45) is -7.59. The van der Waals surface area contributed by atoms with Gasteiger partial charge in [-0.05, 0) is 69.2 Å². The molecule has 0 aliphatic carbocycles. The van der Waals surface area contributed by atoms with E-state index in [1.54, 1.807) is 41.1 Å². The molecule has 1 fully saturated rings. The van der Waals surface area contributed by atoms with Crippen molar-refractivity contribution in [2.24, 2.45) is 5.28 Å². The number of imide groups is 1. The first kappa shape index (κ1) is 35.8. The largest absolute Gasteiger partial charge is 0.569 e. The minimum absolute atomic E-state index is 0.0852. The minimum atomic E-state index is -4.73. The van der Waals surface area contributed by atoms with Gasteiger partial charge in [0.15, 0.2) is 5.69 Å². The van der Waals surface area contributed by atoms with E-state index in [1.807, 2.05) is 6.92 Å². The lowest BCUT2D eigenvalue weighted by Crippen LogP contribution is -2.46. The first-order valence-electron chi connectivity index (χ1n) is 15.8. The number of benzene rings is 3. The molecule has 15 nitrogen and oxygen atoms in total. The number of amides is 3. The van der Waals surface area contributed by atoms with E-state index in [4.69, 9.17) is 9.57 Å². The molecule has 2 unspecified atom stereocenters. The summed E-state index contributed by atoms with van der Waals surface area (Å²) in [5, 5.41) is 21.0. The number of sulfonamides is 1. The van der Waals surface area contributed by atoms with Crippen LogP contribution in [0.15, 0.2) is 89.0 Å². The molecule has 0 bridgehead atoms. The molecule has 4 aromatic rings. The lowest BCUT2D eigenvalue weighted by atomic mass is 10.1. The number of aromatic nitrogens is 2. The number of hydrogen-bond acceptors (Lipinski definition) is 10. The number of ether oxygens (including phenoxy) is 1. The van der Waals surface area contributed by atoms with Crippen LogP contribution in [-0.4, -0.2) is 76.4 Å². The van der Waals surface area contributed by atoms with Crippen molar-refractivity contribution in [2.75, 3.05) is 13.1 Å². The Morgan fingerprint density at radius 2 is 1.67 bits per heavy atom. The third-order valence-corrected chi connectivity index (χ3v) is 9.62. The van der Waals surface area contributed by atoms with Crippen molar-refractivity contribution in [3.8, 4) is 16.9 Å². The third-order valence-electron chi connectivity index (χ3n) is 8.29. The van der Waals surface area contributed by atoms with Gasteiger partial charge in [-0.15, -0.1) is 5.01 Å². The van der Waals surface area contributed by atoms with Crippen molar-refractivity contribution in [3.05, 3.63) is 106 Å². The number of hydrazine groups is 1. The van der Waals surface area contributed by atoms with Gasteiger partial charge in [0.05, 0.1) is 38.9 Å². The number of fused-ring (bicyclic) bond motifs is 1. The number of halogens is 3. The van der Waals surface area contributed by atoms with Crippen LogP contribution in [0.1, 0.15) is 51.7 Å². The van der Waals surface area contributed by atoms with Crippen LogP contribution in [0.4, 0.5) is 18.0 Å². The van der Waals surface area contributed by atoms with E-state index < -0.39 is 52.1 Å². The van der Waals surface area contributed by atoms with Crippen LogP contribution >= 0.6 is 0 Å². The van der Waals surface area contributed by atoms with E-state index in [0.29, 0.717) is 12.0 Å². The summed E-state index contributed by atoms with van der Waals surface area (Å²) in [6.45, 7) is 3.18. The number of nitrogens with one attached hydrogen (secondary N) is 1. The molecule has 0 saturated carbocycles. The summed E-state index contributed by atoms with van der Waals surface area (Å²) in [5.74, 6) is -1.21. The number of hydrogen-bond donors (Lipinski definition) is 1. The monoisotopic (exact) mass is 741 g/mol. The number of piperidine rings is 1. The highest BCUT2D eigenvalue weighted by Crippen LogP contribution is 2.33. The maximum Gasteiger partial charge on any atom is 0.435 e. The van der Waals surface area contributed by atoms with E-state index in [-0.39, 0.29) is 51.9 Å². The molecule has 3 amide bonds. The first-order valence-corrected chi connectivity index (χ1v) is 17.2. The predicted octanol–water partition coefficient (Wildman–Crippen LogP) is 5.20. The second-order valence-electron chi connectivity index (χ2n) is 11.9. The molecule has 0 radical (unpaired) electrons. The zero-order valence-corrected chi connectivity index (χ0v) is 28.3. The van der Waals surface area contributed by atoms with E-state index in [2.05, 4.69) is 10.4 Å². The molecule has 19 heteroatoms. The van der Waals surface area contributed by atoms with E-state index in [9.17, 15) is 41.2 Å². The molecule has 1 aromatic heterocycles. The highest BCUT2D eigenvalue weighted by Gasteiger charge is 2.40. The fourth-order valence-electron chi connectivity index (χ4n) is 5.67. The second-order valence-corrected chi connectivity index (χ2v) is 13.6. The van der Waals surface area contributed by atoms with Crippen molar-refractivity contribution in [1.82, 2.24) is 24.4 Å². The molecule has 3 aromatic carbocycles. The van der Waals surface area contributed by atoms with Gasteiger partial charge >= 0.3 is 12.3 Å². The van der Waals surface area contributed by atoms with Crippen molar-refractivity contribution >= 4 is 27.9 Å². The average molecular weight is 742 g/mol. The topological polar surface area (TPSA) is 179 Å². The van der Waals surface area contributed by atoms with E-state index in [0.717, 1.165) is 38.4 Å². The maximum atomic E-state index is 13.6. The van der Waals surface area contributed by atoms with Gasteiger partial charge < -0.3 is 14.8 Å². The van der Waals surface area contributed by atoms with Gasteiger partial charge in [-0.25, -0.2) is 27.5 Å². The summed E-state index contributed by atoms with van der Waals surface area (Å²) in [5.41, 5.74) is 0.856. The zero-order chi connectivity index (χ0) is 37.4. The maximum absolute atomic E-state index is 13.6. The van der Waals surface area contributed by atoms with Gasteiger partial charge in [0.1, 0.15) is 12.6 Å². The Morgan fingerprint density at radius 3 is 2.29 bits per heavy atom. The van der Waals surface area contributed by atoms with Gasteiger partial charge in [0.25, 0.3) is 21.8 Å². The fraction of sp³-hybridized carbons (Fsp3) is 0.273. The van der Waals surface area contributed by atoms with Crippen molar-refractivity contribution in [1.29, 1.82) is 0 Å². The van der Waals surface area contributed by atoms with Crippen LogP contribution in [0.25, 0.3) is 16.9 Å². The quantitative estimate of drug-likeness (QED) is 0.104. The SMILES string of the molecule is Cc1ccc(-c2cc(C(F)(F)F)nn2-c2ccc(S(=O)(=O)NC(=O)OC3CCCN(/[N+]([O-])=N\OC(C)N4C(=O)c5ccccc5C4=O)C3)cc2)cc1. The molecule has 3 heterocycles. The molecule has 2 atom stereocenters. The second kappa shape index (κ2) is 14.0. The van der Waals surface area contributed by atoms with E-state index in [1.165, 1.54) is 31.2 Å². The van der Waals surface area contributed by atoms with Crippen molar-refractivity contribution < 1.29 is 50.5 Å². The number of rotatable bonds is 9. The Labute approximate surface area is 294 Å². The molecule has 2 aliphatic rings. The van der Waals surface area contributed by atoms with E-state index >= 15 is 0 Å². The molecule has 272 valence electrons. The Bertz CT molecular complexity index is 2120. The Hall–Kier alpha value is -5.98. The van der Waals surface area contributed by atoms with Gasteiger partial charge in [-0.2, -0.15) is 18.3 Å². The lowest BCUT2D eigenvalue weighted by molar-refractivity contribution is -0.715. The third kappa shape index (κ3) is 7.39. The molecule has 1 N–H and O–H groups in total. The molecule has 1 saturated heterocycles. The van der Waals surface area contributed by atoms with Crippen LogP contribution < -0.4 is 4.72 Å². The lowest BCUT2D eigenvalue weighted by Gasteiger charge is -2.28. The van der Waals surface area contributed by atoms with Crippen molar-refractivity contribution in [3.63, 3.8) is 0 Å². The number of nitrogens with zero attached hydrogens (tertiary/aromatic N) is 6. The van der Waals surface area contributed by atoms with Crippen LogP contribution in [0.5, 0.6) is 0 Å². The molecule has 52 heavy (non-hydrogen) atoms. The predicted molar refractivity (Wildman–Crippen MR) is 174 cm³/mol. The van der Waals surface area contributed by atoms with Crippen LogP contribution in [0, 0.1) is 12.1 Å². The number of alkyl halides is 3. The zero-order valence-electron chi connectivity index (χ0n) is 27.5. The Balaban J connectivity index is 1.07.